The molecule has 0 bridgehead atoms. The van der Waals surface area contributed by atoms with Crippen molar-refractivity contribution in [2.45, 2.75) is 12.8 Å². The zero-order chi connectivity index (χ0) is 15.1. The number of imidazole rings is 1. The van der Waals surface area contributed by atoms with Crippen molar-refractivity contribution in [1.29, 1.82) is 0 Å². The number of alkyl halides is 1. The van der Waals surface area contributed by atoms with Crippen LogP contribution in [-0.2, 0) is 5.88 Å². The molecule has 0 N–H and O–H groups in total. The molecule has 0 unspecified atom stereocenters. The largest absolute Gasteiger partial charge is 0.293 e. The van der Waals surface area contributed by atoms with Gasteiger partial charge >= 0.3 is 0 Å². The van der Waals surface area contributed by atoms with Crippen LogP contribution in [0.25, 0.3) is 16.7 Å². The fraction of sp³-hybridized carbons (Fsp3) is 0.133. The van der Waals surface area contributed by atoms with Gasteiger partial charge in [0.25, 0.3) is 0 Å². The molecule has 108 valence electrons. The first-order chi connectivity index (χ1) is 10.0. The van der Waals surface area contributed by atoms with Gasteiger partial charge < -0.3 is 0 Å². The van der Waals surface area contributed by atoms with Crippen molar-refractivity contribution < 1.29 is 0 Å². The third kappa shape index (κ3) is 2.51. The predicted octanol–water partition coefficient (Wildman–Crippen LogP) is 6.03. The Morgan fingerprint density at radius 2 is 1.76 bits per heavy atom. The Morgan fingerprint density at radius 1 is 1.05 bits per heavy atom. The van der Waals surface area contributed by atoms with Gasteiger partial charge in [0.05, 0.1) is 37.7 Å². The fourth-order valence-electron chi connectivity index (χ4n) is 2.37. The first kappa shape index (κ1) is 15.0. The highest BCUT2D eigenvalue weighted by molar-refractivity contribution is 6.42. The molecule has 6 heteroatoms. The van der Waals surface area contributed by atoms with E-state index in [2.05, 4.69) is 4.98 Å². The summed E-state index contributed by atoms with van der Waals surface area (Å²) in [5.74, 6) is 0.954. The smallest absolute Gasteiger partial charge is 0.129 e. The van der Waals surface area contributed by atoms with Gasteiger partial charge in [-0.25, -0.2) is 4.98 Å². The van der Waals surface area contributed by atoms with E-state index in [4.69, 9.17) is 46.4 Å². The van der Waals surface area contributed by atoms with Crippen LogP contribution in [0.15, 0.2) is 30.3 Å². The zero-order valence-electron chi connectivity index (χ0n) is 11.0. The molecule has 0 aliphatic rings. The molecule has 0 radical (unpaired) electrons. The average molecular weight is 360 g/mol. The second kappa shape index (κ2) is 5.69. The Kier molecular flexibility index (Phi) is 4.06. The van der Waals surface area contributed by atoms with Gasteiger partial charge in [-0.3, -0.25) is 4.57 Å². The second-order valence-electron chi connectivity index (χ2n) is 4.66. The molecule has 0 saturated heterocycles. The van der Waals surface area contributed by atoms with Crippen molar-refractivity contribution in [2.75, 3.05) is 0 Å². The van der Waals surface area contributed by atoms with E-state index in [9.17, 15) is 0 Å². The van der Waals surface area contributed by atoms with Gasteiger partial charge in [0.15, 0.2) is 0 Å². The summed E-state index contributed by atoms with van der Waals surface area (Å²) in [6, 6.07) is 9.25. The maximum atomic E-state index is 6.37. The average Bonchev–Trinajstić information content (AvgIpc) is 2.77. The molecular formula is C15H10Cl4N2. The number of rotatable bonds is 2. The van der Waals surface area contributed by atoms with Gasteiger partial charge in [-0.05, 0) is 30.7 Å². The molecule has 0 atom stereocenters. The van der Waals surface area contributed by atoms with Crippen LogP contribution < -0.4 is 0 Å². The summed E-state index contributed by atoms with van der Waals surface area (Å²) in [7, 11) is 0. The number of aryl methyl sites for hydroxylation is 1. The molecule has 3 aromatic rings. The minimum Gasteiger partial charge on any atom is -0.293 e. The van der Waals surface area contributed by atoms with E-state index in [0.717, 1.165) is 22.3 Å². The number of aromatic nitrogens is 2. The molecule has 0 fully saturated rings. The van der Waals surface area contributed by atoms with Crippen molar-refractivity contribution in [3.63, 3.8) is 0 Å². The summed E-state index contributed by atoms with van der Waals surface area (Å²) >= 11 is 24.6. The maximum absolute atomic E-state index is 6.37. The van der Waals surface area contributed by atoms with Gasteiger partial charge in [-0.2, -0.15) is 0 Å². The highest BCUT2D eigenvalue weighted by Gasteiger charge is 2.17. The van der Waals surface area contributed by atoms with E-state index in [0.29, 0.717) is 20.9 Å². The lowest BCUT2D eigenvalue weighted by Crippen LogP contribution is -2.02. The summed E-state index contributed by atoms with van der Waals surface area (Å²) < 4.78 is 1.93. The Morgan fingerprint density at radius 3 is 2.43 bits per heavy atom. The summed E-state index contributed by atoms with van der Waals surface area (Å²) in [4.78, 5) is 4.52. The van der Waals surface area contributed by atoms with Crippen LogP contribution in [-0.4, -0.2) is 9.55 Å². The van der Waals surface area contributed by atoms with Crippen LogP contribution in [0, 0.1) is 6.92 Å². The first-order valence-corrected chi connectivity index (χ1v) is 7.87. The monoisotopic (exact) mass is 358 g/mol. The number of hydrogen-bond donors (Lipinski definition) is 0. The van der Waals surface area contributed by atoms with E-state index in [-0.39, 0.29) is 5.88 Å². The summed E-state index contributed by atoms with van der Waals surface area (Å²) in [5.41, 5.74) is 3.45. The summed E-state index contributed by atoms with van der Waals surface area (Å²) in [6.45, 7) is 1.99. The van der Waals surface area contributed by atoms with E-state index in [1.54, 1.807) is 12.1 Å². The SMILES string of the molecule is Cc1cccc(Cl)c1-n1c(CCl)nc2cc(Cl)c(Cl)cc21. The number of para-hydroxylation sites is 1. The van der Waals surface area contributed by atoms with Crippen LogP contribution in [0.4, 0.5) is 0 Å². The number of halogens is 4. The van der Waals surface area contributed by atoms with Crippen molar-refractivity contribution in [2.24, 2.45) is 0 Å². The molecule has 3 rings (SSSR count). The van der Waals surface area contributed by atoms with Crippen LogP contribution in [0.1, 0.15) is 11.4 Å². The van der Waals surface area contributed by atoms with Crippen LogP contribution in [0.2, 0.25) is 15.1 Å². The molecule has 0 amide bonds. The Balaban J connectivity index is 2.43. The lowest BCUT2D eigenvalue weighted by Gasteiger charge is -2.13. The predicted molar refractivity (Wildman–Crippen MR) is 90.4 cm³/mol. The zero-order valence-corrected chi connectivity index (χ0v) is 14.0. The normalized spacial score (nSPS) is 11.3. The number of hydrogen-bond acceptors (Lipinski definition) is 1. The van der Waals surface area contributed by atoms with E-state index in [1.807, 2.05) is 29.7 Å². The van der Waals surface area contributed by atoms with E-state index >= 15 is 0 Å². The van der Waals surface area contributed by atoms with Crippen LogP contribution >= 0.6 is 46.4 Å². The van der Waals surface area contributed by atoms with Gasteiger partial charge in [0.2, 0.25) is 0 Å². The lowest BCUT2D eigenvalue weighted by atomic mass is 10.2. The number of nitrogens with zero attached hydrogens (tertiary/aromatic N) is 2. The molecule has 2 nitrogen and oxygen atoms in total. The van der Waals surface area contributed by atoms with Crippen molar-refractivity contribution >= 4 is 57.4 Å². The number of fused-ring (bicyclic) bond motifs is 1. The van der Waals surface area contributed by atoms with Gasteiger partial charge in [0, 0.05) is 0 Å². The molecule has 0 aliphatic heterocycles. The fourth-order valence-corrected chi connectivity index (χ4v) is 3.17. The standard InChI is InChI=1S/C15H10Cl4N2/c1-8-3-2-4-9(17)15(8)21-13-6-11(19)10(18)5-12(13)20-14(21)7-16/h2-6H,7H2,1H3. The molecule has 2 aromatic carbocycles. The maximum Gasteiger partial charge on any atom is 0.129 e. The summed E-state index contributed by atoms with van der Waals surface area (Å²) in [6.07, 6.45) is 0. The topological polar surface area (TPSA) is 17.8 Å². The van der Waals surface area contributed by atoms with E-state index in [1.165, 1.54) is 0 Å². The van der Waals surface area contributed by atoms with Crippen molar-refractivity contribution in [3.8, 4) is 5.69 Å². The molecule has 1 heterocycles. The third-order valence-corrected chi connectivity index (χ3v) is 4.56. The second-order valence-corrected chi connectivity index (χ2v) is 6.15. The Labute approximate surface area is 142 Å². The van der Waals surface area contributed by atoms with Crippen LogP contribution in [0.3, 0.4) is 0 Å². The number of benzene rings is 2. The third-order valence-electron chi connectivity index (χ3n) is 3.30. The van der Waals surface area contributed by atoms with Crippen LogP contribution in [0.5, 0.6) is 0 Å². The minimum absolute atomic E-state index is 0.259. The van der Waals surface area contributed by atoms with Gasteiger partial charge in [-0.1, -0.05) is 46.9 Å². The van der Waals surface area contributed by atoms with Gasteiger partial charge in [0.1, 0.15) is 5.82 Å². The highest BCUT2D eigenvalue weighted by Crippen LogP contribution is 2.33. The molecule has 0 saturated carbocycles. The van der Waals surface area contributed by atoms with Gasteiger partial charge in [-0.15, -0.1) is 11.6 Å². The first-order valence-electron chi connectivity index (χ1n) is 6.20. The summed E-state index contributed by atoms with van der Waals surface area (Å²) in [5, 5.41) is 1.56. The van der Waals surface area contributed by atoms with Crippen molar-refractivity contribution in [1.82, 2.24) is 9.55 Å². The quantitative estimate of drug-likeness (QED) is 0.510. The molecule has 21 heavy (non-hydrogen) atoms. The molecule has 0 aliphatic carbocycles. The lowest BCUT2D eigenvalue weighted by molar-refractivity contribution is 0.972. The molecule has 1 aromatic heterocycles. The highest BCUT2D eigenvalue weighted by atomic mass is 35.5. The molecular weight excluding hydrogens is 350 g/mol. The Hall–Kier alpha value is -0.930. The Bertz CT molecular complexity index is 819. The minimum atomic E-state index is 0.259. The van der Waals surface area contributed by atoms with E-state index < -0.39 is 0 Å². The van der Waals surface area contributed by atoms with Crippen molar-refractivity contribution in [3.05, 3.63) is 56.8 Å². The molecule has 0 spiro atoms.